The van der Waals surface area contributed by atoms with E-state index in [2.05, 4.69) is 35.7 Å². The Morgan fingerprint density at radius 1 is 0.588 bits per heavy atom. The summed E-state index contributed by atoms with van der Waals surface area (Å²) in [4.78, 5) is 17.6. The number of pyridine rings is 4. The van der Waals surface area contributed by atoms with Gasteiger partial charge in [0.05, 0.1) is 59.8 Å². The molecule has 0 amide bonds. The molecule has 0 bridgehead atoms. The molecule has 68 heavy (non-hydrogen) atoms. The van der Waals surface area contributed by atoms with Crippen LogP contribution in [0.5, 0.6) is 0 Å². The van der Waals surface area contributed by atoms with E-state index in [4.69, 9.17) is 5.10 Å². The maximum absolute atomic E-state index is 14.4. The van der Waals surface area contributed by atoms with Gasteiger partial charge in [0.1, 0.15) is 33.7 Å². The van der Waals surface area contributed by atoms with Crippen molar-refractivity contribution in [3.8, 4) is 22.5 Å². The number of fused-ring (bicyclic) bond motifs is 2. The van der Waals surface area contributed by atoms with Crippen LogP contribution in [0.4, 0.5) is 31.5 Å². The van der Waals surface area contributed by atoms with Crippen molar-refractivity contribution >= 4 is 64.9 Å². The van der Waals surface area contributed by atoms with Crippen LogP contribution in [0.1, 0.15) is 48.9 Å². The number of aryl methyl sites for hydroxylation is 2. The van der Waals surface area contributed by atoms with Gasteiger partial charge in [-0.25, -0.2) is 34.2 Å². The summed E-state index contributed by atoms with van der Waals surface area (Å²) in [6, 6.07) is 21.1. The molecule has 2 aliphatic rings. The van der Waals surface area contributed by atoms with Gasteiger partial charge >= 0.3 is 0 Å². The molecule has 10 rings (SSSR count). The summed E-state index contributed by atoms with van der Waals surface area (Å²) in [5.41, 5.74) is 10.1. The third kappa shape index (κ3) is 10.2. The summed E-state index contributed by atoms with van der Waals surface area (Å²) < 4.78 is 83.0. The highest BCUT2D eigenvalue weighted by Crippen LogP contribution is 2.34. The molecule has 2 aromatic carbocycles. The number of hydrogen-bond acceptors (Lipinski definition) is 12. The van der Waals surface area contributed by atoms with Gasteiger partial charge in [-0.2, -0.15) is 10.2 Å². The fourth-order valence-corrected chi connectivity index (χ4v) is 10.5. The molecule has 16 nitrogen and oxygen atoms in total. The zero-order chi connectivity index (χ0) is 47.7. The van der Waals surface area contributed by atoms with Crippen molar-refractivity contribution in [2.75, 3.05) is 49.3 Å². The van der Waals surface area contributed by atoms with Crippen LogP contribution in [-0.4, -0.2) is 104 Å². The summed E-state index contributed by atoms with van der Waals surface area (Å²) in [5, 5.41) is 16.1. The Balaban J connectivity index is 0.000000170. The maximum Gasteiger partial charge on any atom is 0.211 e. The SMILES string of the molecule is Cc1ccc(F)c(-c2cc(Nc3ccnc4cn(C5CCN(S(C)(=O)=O)CC5)nc34)ccn2)c1.Cc1ccc(F)c(-c2cc(Nc3ccnc4cnn(C5CCN(S(C)(=O)=O)CC5)c34)ccn2)c1. The van der Waals surface area contributed by atoms with Crippen LogP contribution in [0.2, 0.25) is 0 Å². The quantitative estimate of drug-likeness (QED) is 0.133. The van der Waals surface area contributed by atoms with Crippen molar-refractivity contribution in [2.24, 2.45) is 0 Å². The van der Waals surface area contributed by atoms with Crippen LogP contribution < -0.4 is 10.6 Å². The fraction of sp³-hybridized carbons (Fsp3) is 0.292. The minimum absolute atomic E-state index is 0.0645. The molecule has 0 spiro atoms. The van der Waals surface area contributed by atoms with E-state index in [0.717, 1.165) is 50.4 Å². The Kier molecular flexibility index (Phi) is 13.0. The average molecular weight is 961 g/mol. The first-order chi connectivity index (χ1) is 32.6. The van der Waals surface area contributed by atoms with E-state index in [1.807, 2.05) is 65.8 Å². The summed E-state index contributed by atoms with van der Waals surface area (Å²) in [7, 11) is -6.37. The van der Waals surface area contributed by atoms with Crippen LogP contribution in [0, 0.1) is 25.5 Å². The monoisotopic (exact) mass is 960 g/mol. The molecule has 0 saturated carbocycles. The molecular formula is C48H50F2N12O4S2. The van der Waals surface area contributed by atoms with Gasteiger partial charge in [-0.3, -0.25) is 29.3 Å². The summed E-state index contributed by atoms with van der Waals surface area (Å²) in [6.07, 6.45) is 15.6. The van der Waals surface area contributed by atoms with Gasteiger partial charge in [-0.1, -0.05) is 23.3 Å². The molecular weight excluding hydrogens is 911 g/mol. The Labute approximate surface area is 393 Å². The second-order valence-corrected chi connectivity index (χ2v) is 21.2. The highest BCUT2D eigenvalue weighted by molar-refractivity contribution is 7.88. The molecule has 0 atom stereocenters. The van der Waals surface area contributed by atoms with Crippen LogP contribution >= 0.6 is 0 Å². The highest BCUT2D eigenvalue weighted by atomic mass is 32.2. The lowest BCUT2D eigenvalue weighted by Crippen LogP contribution is -2.38. The molecule has 2 aliphatic heterocycles. The third-order valence-electron chi connectivity index (χ3n) is 12.3. The number of anilines is 4. The van der Waals surface area contributed by atoms with E-state index in [9.17, 15) is 25.6 Å². The lowest BCUT2D eigenvalue weighted by Gasteiger charge is -2.30. The Morgan fingerprint density at radius 2 is 1.07 bits per heavy atom. The number of nitrogens with zero attached hydrogens (tertiary/aromatic N) is 10. The van der Waals surface area contributed by atoms with Crippen molar-refractivity contribution < 1.29 is 25.6 Å². The number of halogens is 2. The number of benzene rings is 2. The van der Waals surface area contributed by atoms with Crippen molar-refractivity contribution in [3.05, 3.63) is 133 Å². The Hall–Kier alpha value is -6.74. The smallest absolute Gasteiger partial charge is 0.211 e. The van der Waals surface area contributed by atoms with E-state index in [0.29, 0.717) is 79.9 Å². The minimum Gasteiger partial charge on any atom is -0.354 e. The van der Waals surface area contributed by atoms with E-state index in [-0.39, 0.29) is 23.7 Å². The van der Waals surface area contributed by atoms with Crippen LogP contribution in [0.3, 0.4) is 0 Å². The van der Waals surface area contributed by atoms with Crippen LogP contribution in [0.25, 0.3) is 44.6 Å². The first kappa shape index (κ1) is 46.4. The number of hydrogen-bond donors (Lipinski definition) is 2. The van der Waals surface area contributed by atoms with Crippen molar-refractivity contribution in [1.82, 2.24) is 48.1 Å². The first-order valence-corrected chi connectivity index (χ1v) is 25.8. The number of aromatic nitrogens is 8. The summed E-state index contributed by atoms with van der Waals surface area (Å²) in [6.45, 7) is 5.72. The van der Waals surface area contributed by atoms with E-state index >= 15 is 0 Å². The van der Waals surface area contributed by atoms with Crippen LogP contribution in [-0.2, 0) is 20.0 Å². The van der Waals surface area contributed by atoms with Gasteiger partial charge < -0.3 is 10.6 Å². The maximum atomic E-state index is 14.4. The molecule has 0 radical (unpaired) electrons. The van der Waals surface area contributed by atoms with Crippen molar-refractivity contribution in [3.63, 3.8) is 0 Å². The molecule has 8 heterocycles. The number of sulfonamides is 2. The molecule has 20 heteroatoms. The summed E-state index contributed by atoms with van der Waals surface area (Å²) in [5.74, 6) is -0.637. The third-order valence-corrected chi connectivity index (χ3v) is 14.9. The van der Waals surface area contributed by atoms with Gasteiger partial charge in [0, 0.05) is 73.5 Å². The normalized spacial score (nSPS) is 15.6. The number of nitrogens with one attached hydrogen (secondary N) is 2. The molecule has 2 saturated heterocycles. The Morgan fingerprint density at radius 3 is 1.62 bits per heavy atom. The Bertz CT molecular complexity index is 3360. The molecule has 0 aliphatic carbocycles. The van der Waals surface area contributed by atoms with E-state index in [1.165, 1.54) is 33.3 Å². The molecule has 2 fully saturated rings. The minimum atomic E-state index is -3.20. The molecule has 8 aromatic rings. The zero-order valence-electron chi connectivity index (χ0n) is 37.9. The fourth-order valence-electron chi connectivity index (χ4n) is 8.73. The van der Waals surface area contributed by atoms with Gasteiger partial charge in [0.15, 0.2) is 0 Å². The molecule has 2 N–H and O–H groups in total. The summed E-state index contributed by atoms with van der Waals surface area (Å²) >= 11 is 0. The van der Waals surface area contributed by atoms with Gasteiger partial charge in [0.2, 0.25) is 20.0 Å². The lowest BCUT2D eigenvalue weighted by molar-refractivity contribution is 0.263. The predicted molar refractivity (Wildman–Crippen MR) is 260 cm³/mol. The first-order valence-electron chi connectivity index (χ1n) is 22.1. The zero-order valence-corrected chi connectivity index (χ0v) is 39.5. The van der Waals surface area contributed by atoms with E-state index in [1.54, 1.807) is 55.2 Å². The van der Waals surface area contributed by atoms with Gasteiger partial charge in [-0.05, 0) is 100 Å². The highest BCUT2D eigenvalue weighted by Gasteiger charge is 2.29. The largest absolute Gasteiger partial charge is 0.354 e. The average Bonchev–Trinajstić information content (AvgIpc) is 3.97. The van der Waals surface area contributed by atoms with Gasteiger partial charge in [0.25, 0.3) is 0 Å². The second kappa shape index (κ2) is 19.1. The van der Waals surface area contributed by atoms with Crippen LogP contribution in [0.15, 0.2) is 110 Å². The van der Waals surface area contributed by atoms with E-state index < -0.39 is 20.0 Å². The number of rotatable bonds is 10. The standard InChI is InChI=1S/2C24H25FN6O2S/c1-16-3-4-20(25)19(13-16)22-14-17(5-9-26-22)28-21-6-10-27-23-15-31(29-24(21)23)18-7-11-30(12-8-18)34(2,32)33;1-16-3-4-20(25)19(13-16)22-14-17(5-9-26-22)29-21-6-10-27-23-15-28-31(24(21)23)18-7-11-30(12-8-18)34(2,32)33/h3-6,9-10,13-15,18H,7-8,11-12H2,1-2H3,(H,26,28);3-6,9-10,13-15,18H,7-8,11-12H2,1-2H3,(H,26,27,29). The topological polar surface area (TPSA) is 186 Å². The van der Waals surface area contributed by atoms with Crippen molar-refractivity contribution in [2.45, 2.75) is 51.6 Å². The second-order valence-electron chi connectivity index (χ2n) is 17.2. The predicted octanol–water partition coefficient (Wildman–Crippen LogP) is 8.56. The van der Waals surface area contributed by atoms with Crippen molar-refractivity contribution in [1.29, 1.82) is 0 Å². The molecule has 352 valence electrons. The molecule has 0 unspecified atom stereocenters. The lowest BCUT2D eigenvalue weighted by atomic mass is 10.1. The van der Waals surface area contributed by atoms with Gasteiger partial charge in [-0.15, -0.1) is 0 Å². The number of piperidine rings is 2. The molecule has 6 aromatic heterocycles.